The molecule has 0 spiro atoms. The van der Waals surface area contributed by atoms with Gasteiger partial charge in [0.25, 0.3) is 0 Å². The molecule has 2 rings (SSSR count). The van der Waals surface area contributed by atoms with E-state index in [4.69, 9.17) is 0 Å². The first-order chi connectivity index (χ1) is 7.98. The molecule has 3 heteroatoms. The fourth-order valence-electron chi connectivity index (χ4n) is 2.47. The standard InChI is InChI=1S/C14H16F2O/c1-10(17)11-4-2-5-12(8-11)13-6-3-7-14(15,16)9-13/h2,4-5,8,13H,3,6-7,9H2,1H3. The predicted octanol–water partition coefficient (Wildman–Crippen LogP) is 4.18. The van der Waals surface area contributed by atoms with E-state index >= 15 is 0 Å². The number of carbonyl (C=O) groups is 1. The molecule has 17 heavy (non-hydrogen) atoms. The Labute approximate surface area is 99.8 Å². The minimum absolute atomic E-state index is 0.00407. The topological polar surface area (TPSA) is 17.1 Å². The predicted molar refractivity (Wildman–Crippen MR) is 62.6 cm³/mol. The SMILES string of the molecule is CC(=O)c1cccc(C2CCCC(F)(F)C2)c1. The van der Waals surface area contributed by atoms with E-state index in [0.29, 0.717) is 12.0 Å². The van der Waals surface area contributed by atoms with E-state index in [1.54, 1.807) is 18.2 Å². The lowest BCUT2D eigenvalue weighted by atomic mass is 9.81. The molecular weight excluding hydrogens is 222 g/mol. The van der Waals surface area contributed by atoms with Crippen LogP contribution in [0.5, 0.6) is 0 Å². The highest BCUT2D eigenvalue weighted by atomic mass is 19.3. The number of benzene rings is 1. The normalized spacial score (nSPS) is 23.4. The van der Waals surface area contributed by atoms with Crippen molar-refractivity contribution in [2.45, 2.75) is 44.4 Å². The highest BCUT2D eigenvalue weighted by molar-refractivity contribution is 5.94. The molecule has 0 aromatic heterocycles. The number of rotatable bonds is 2. The third-order valence-corrected chi connectivity index (χ3v) is 3.40. The van der Waals surface area contributed by atoms with E-state index in [0.717, 1.165) is 12.0 Å². The Morgan fingerprint density at radius 2 is 2.18 bits per heavy atom. The first kappa shape index (κ1) is 12.2. The van der Waals surface area contributed by atoms with Crippen molar-refractivity contribution in [1.29, 1.82) is 0 Å². The highest BCUT2D eigenvalue weighted by Crippen LogP contribution is 2.41. The van der Waals surface area contributed by atoms with Crippen LogP contribution in [0.1, 0.15) is 54.4 Å². The molecular formula is C14H16F2O. The largest absolute Gasteiger partial charge is 0.295 e. The Morgan fingerprint density at radius 3 is 2.82 bits per heavy atom. The van der Waals surface area contributed by atoms with Crippen molar-refractivity contribution in [3.8, 4) is 0 Å². The molecule has 0 bridgehead atoms. The van der Waals surface area contributed by atoms with Crippen LogP contribution in [-0.2, 0) is 0 Å². The van der Waals surface area contributed by atoms with Crippen LogP contribution in [0.25, 0.3) is 0 Å². The van der Waals surface area contributed by atoms with Gasteiger partial charge in [-0.05, 0) is 37.3 Å². The molecule has 0 saturated heterocycles. The van der Waals surface area contributed by atoms with Gasteiger partial charge in [0.1, 0.15) is 0 Å². The zero-order valence-corrected chi connectivity index (χ0v) is 9.88. The molecule has 0 amide bonds. The van der Waals surface area contributed by atoms with Crippen molar-refractivity contribution in [1.82, 2.24) is 0 Å². The van der Waals surface area contributed by atoms with Crippen LogP contribution in [0, 0.1) is 0 Å². The Kier molecular flexibility index (Phi) is 3.27. The molecule has 1 aromatic rings. The van der Waals surface area contributed by atoms with Crippen molar-refractivity contribution in [3.05, 3.63) is 35.4 Å². The van der Waals surface area contributed by atoms with Crippen LogP contribution >= 0.6 is 0 Å². The van der Waals surface area contributed by atoms with Gasteiger partial charge in [0.2, 0.25) is 5.92 Å². The average Bonchev–Trinajstić information content (AvgIpc) is 2.28. The van der Waals surface area contributed by atoms with Gasteiger partial charge in [-0.3, -0.25) is 4.79 Å². The first-order valence-electron chi connectivity index (χ1n) is 5.97. The quantitative estimate of drug-likeness (QED) is 0.706. The van der Waals surface area contributed by atoms with Crippen LogP contribution in [0.2, 0.25) is 0 Å². The van der Waals surface area contributed by atoms with Gasteiger partial charge in [0.05, 0.1) is 0 Å². The molecule has 92 valence electrons. The molecule has 1 atom stereocenters. The van der Waals surface area contributed by atoms with Crippen molar-refractivity contribution in [3.63, 3.8) is 0 Å². The number of carbonyl (C=O) groups excluding carboxylic acids is 1. The van der Waals surface area contributed by atoms with E-state index < -0.39 is 5.92 Å². The molecule has 1 aliphatic carbocycles. The second kappa shape index (κ2) is 4.55. The van der Waals surface area contributed by atoms with Gasteiger partial charge in [-0.15, -0.1) is 0 Å². The molecule has 0 heterocycles. The monoisotopic (exact) mass is 238 g/mol. The average molecular weight is 238 g/mol. The maximum absolute atomic E-state index is 13.3. The van der Waals surface area contributed by atoms with Crippen molar-refractivity contribution in [2.75, 3.05) is 0 Å². The fraction of sp³-hybridized carbons (Fsp3) is 0.500. The second-order valence-electron chi connectivity index (χ2n) is 4.83. The van der Waals surface area contributed by atoms with Crippen LogP contribution in [0.15, 0.2) is 24.3 Å². The first-order valence-corrected chi connectivity index (χ1v) is 5.97. The molecule has 1 unspecified atom stereocenters. The molecule has 1 fully saturated rings. The van der Waals surface area contributed by atoms with Gasteiger partial charge in [0, 0.05) is 18.4 Å². The van der Waals surface area contributed by atoms with Crippen LogP contribution in [0.3, 0.4) is 0 Å². The molecule has 1 aliphatic rings. The number of hydrogen-bond donors (Lipinski definition) is 0. The third-order valence-electron chi connectivity index (χ3n) is 3.40. The molecule has 0 N–H and O–H groups in total. The molecule has 0 radical (unpaired) electrons. The van der Waals surface area contributed by atoms with Crippen LogP contribution in [-0.4, -0.2) is 11.7 Å². The maximum atomic E-state index is 13.3. The zero-order valence-electron chi connectivity index (χ0n) is 9.88. The Bertz CT molecular complexity index is 426. The summed E-state index contributed by atoms with van der Waals surface area (Å²) in [5.74, 6) is -2.68. The molecule has 1 nitrogen and oxygen atoms in total. The lowest BCUT2D eigenvalue weighted by Gasteiger charge is -2.29. The Hall–Kier alpha value is -1.25. The number of ketones is 1. The number of alkyl halides is 2. The summed E-state index contributed by atoms with van der Waals surface area (Å²) >= 11 is 0. The molecule has 1 aromatic carbocycles. The summed E-state index contributed by atoms with van der Waals surface area (Å²) in [5, 5.41) is 0. The summed E-state index contributed by atoms with van der Waals surface area (Å²) in [6.07, 6.45) is 1.25. The van der Waals surface area contributed by atoms with Crippen molar-refractivity contribution >= 4 is 5.78 Å². The second-order valence-corrected chi connectivity index (χ2v) is 4.83. The Morgan fingerprint density at radius 1 is 1.41 bits per heavy atom. The van der Waals surface area contributed by atoms with Crippen molar-refractivity contribution in [2.24, 2.45) is 0 Å². The van der Waals surface area contributed by atoms with E-state index in [1.807, 2.05) is 6.07 Å². The highest BCUT2D eigenvalue weighted by Gasteiger charge is 2.36. The van der Waals surface area contributed by atoms with Crippen LogP contribution < -0.4 is 0 Å². The minimum Gasteiger partial charge on any atom is -0.295 e. The number of Topliss-reactive ketones (excluding diaryl/α,β-unsaturated/α-hetero) is 1. The summed E-state index contributed by atoms with van der Waals surface area (Å²) in [4.78, 5) is 11.3. The van der Waals surface area contributed by atoms with Gasteiger partial charge >= 0.3 is 0 Å². The zero-order chi connectivity index (χ0) is 12.5. The van der Waals surface area contributed by atoms with Gasteiger partial charge in [-0.1, -0.05) is 18.2 Å². The fourth-order valence-corrected chi connectivity index (χ4v) is 2.47. The van der Waals surface area contributed by atoms with E-state index in [9.17, 15) is 13.6 Å². The molecule has 0 aliphatic heterocycles. The number of hydrogen-bond acceptors (Lipinski definition) is 1. The van der Waals surface area contributed by atoms with Crippen molar-refractivity contribution < 1.29 is 13.6 Å². The van der Waals surface area contributed by atoms with Gasteiger partial charge < -0.3 is 0 Å². The molecule has 1 saturated carbocycles. The third kappa shape index (κ3) is 2.90. The minimum atomic E-state index is -2.55. The smallest absolute Gasteiger partial charge is 0.248 e. The van der Waals surface area contributed by atoms with Gasteiger partial charge in [0.15, 0.2) is 5.78 Å². The Balaban J connectivity index is 2.22. The maximum Gasteiger partial charge on any atom is 0.248 e. The van der Waals surface area contributed by atoms with E-state index in [2.05, 4.69) is 0 Å². The lowest BCUT2D eigenvalue weighted by Crippen LogP contribution is -2.24. The lowest BCUT2D eigenvalue weighted by molar-refractivity contribution is -0.0408. The summed E-state index contributed by atoms with van der Waals surface area (Å²) < 4.78 is 26.7. The van der Waals surface area contributed by atoms with Gasteiger partial charge in [-0.2, -0.15) is 0 Å². The summed E-state index contributed by atoms with van der Waals surface area (Å²) in [5.41, 5.74) is 1.48. The number of halogens is 2. The van der Waals surface area contributed by atoms with E-state index in [-0.39, 0.29) is 24.5 Å². The summed E-state index contributed by atoms with van der Waals surface area (Å²) in [6.45, 7) is 1.49. The van der Waals surface area contributed by atoms with Crippen LogP contribution in [0.4, 0.5) is 8.78 Å². The summed E-state index contributed by atoms with van der Waals surface area (Å²) in [6, 6.07) is 7.11. The van der Waals surface area contributed by atoms with E-state index in [1.165, 1.54) is 6.92 Å². The summed E-state index contributed by atoms with van der Waals surface area (Å²) in [7, 11) is 0. The van der Waals surface area contributed by atoms with Gasteiger partial charge in [-0.25, -0.2) is 8.78 Å².